The van der Waals surface area contributed by atoms with Crippen molar-refractivity contribution in [3.8, 4) is 11.5 Å². The van der Waals surface area contributed by atoms with Crippen LogP contribution in [0, 0.1) is 0 Å². The van der Waals surface area contributed by atoms with E-state index in [0.717, 1.165) is 35.5 Å². The summed E-state index contributed by atoms with van der Waals surface area (Å²) < 4.78 is 10.9. The van der Waals surface area contributed by atoms with Crippen molar-refractivity contribution in [3.05, 3.63) is 63.1 Å². The van der Waals surface area contributed by atoms with Gasteiger partial charge in [-0.05, 0) is 41.8 Å². The summed E-state index contributed by atoms with van der Waals surface area (Å²) >= 11 is 12.3. The minimum absolute atomic E-state index is 0.0667. The molecule has 0 fully saturated rings. The number of hydrogen-bond acceptors (Lipinski definition) is 4. The molecular weight excluding hydrogens is 361 g/mol. The maximum atomic E-state index is 12.5. The highest BCUT2D eigenvalue weighted by Gasteiger charge is 2.22. The summed E-state index contributed by atoms with van der Waals surface area (Å²) in [5, 5.41) is 4.29. The smallest absolute Gasteiger partial charge is 0.231 e. The number of halogens is 2. The van der Waals surface area contributed by atoms with Gasteiger partial charge in [-0.15, -0.1) is 0 Å². The van der Waals surface area contributed by atoms with E-state index in [1.54, 1.807) is 24.3 Å². The van der Waals surface area contributed by atoms with Gasteiger partial charge in [0.25, 0.3) is 0 Å². The minimum Gasteiger partial charge on any atom is -0.454 e. The Bertz CT molecular complexity index is 872. The van der Waals surface area contributed by atoms with Crippen molar-refractivity contribution in [2.24, 2.45) is 0 Å². The Labute approximate surface area is 155 Å². The lowest BCUT2D eigenvalue weighted by Crippen LogP contribution is -2.23. The van der Waals surface area contributed by atoms with Gasteiger partial charge in [0.05, 0.1) is 0 Å². The summed E-state index contributed by atoms with van der Waals surface area (Å²) in [4.78, 5) is 12.5. The Kier molecular flexibility index (Phi) is 4.32. The molecule has 2 aromatic carbocycles. The molecular formula is C19H15Cl2NO3. The first-order valence-corrected chi connectivity index (χ1v) is 8.71. The highest BCUT2D eigenvalue weighted by Crippen LogP contribution is 2.38. The molecule has 4 nitrogen and oxygen atoms in total. The zero-order valence-electron chi connectivity index (χ0n) is 13.3. The summed E-state index contributed by atoms with van der Waals surface area (Å²) in [7, 11) is 0. The maximum Gasteiger partial charge on any atom is 0.231 e. The number of hydrogen-bond donors (Lipinski definition) is 1. The largest absolute Gasteiger partial charge is 0.454 e. The van der Waals surface area contributed by atoms with Crippen molar-refractivity contribution in [2.75, 3.05) is 13.3 Å². The summed E-state index contributed by atoms with van der Waals surface area (Å²) in [5.41, 5.74) is 3.54. The zero-order valence-corrected chi connectivity index (χ0v) is 14.8. The topological polar surface area (TPSA) is 47.6 Å². The third kappa shape index (κ3) is 3.20. The lowest BCUT2D eigenvalue weighted by molar-refractivity contribution is -0.114. The predicted molar refractivity (Wildman–Crippen MR) is 97.4 cm³/mol. The van der Waals surface area contributed by atoms with Crippen LogP contribution in [-0.4, -0.2) is 19.1 Å². The van der Waals surface area contributed by atoms with Gasteiger partial charge in [-0.1, -0.05) is 29.3 Å². The zero-order chi connectivity index (χ0) is 17.4. The van der Waals surface area contributed by atoms with Gasteiger partial charge in [-0.2, -0.15) is 0 Å². The number of nitrogens with one attached hydrogen (secondary N) is 1. The predicted octanol–water partition coefficient (Wildman–Crippen LogP) is 4.02. The van der Waals surface area contributed by atoms with Gasteiger partial charge >= 0.3 is 0 Å². The number of rotatable bonds is 3. The van der Waals surface area contributed by atoms with E-state index in [4.69, 9.17) is 32.7 Å². The second kappa shape index (κ2) is 6.62. The monoisotopic (exact) mass is 375 g/mol. The van der Waals surface area contributed by atoms with Crippen molar-refractivity contribution in [3.63, 3.8) is 0 Å². The average molecular weight is 376 g/mol. The Morgan fingerprint density at radius 1 is 1.16 bits per heavy atom. The van der Waals surface area contributed by atoms with Crippen LogP contribution in [0.5, 0.6) is 11.5 Å². The van der Waals surface area contributed by atoms with Crippen molar-refractivity contribution in [1.29, 1.82) is 0 Å². The quantitative estimate of drug-likeness (QED) is 0.823. The van der Waals surface area contributed by atoms with Gasteiger partial charge in [0.1, 0.15) is 0 Å². The van der Waals surface area contributed by atoms with Crippen LogP contribution in [-0.2, 0) is 17.6 Å². The maximum absolute atomic E-state index is 12.5. The number of carbonyl (C=O) groups excluding carboxylic acids is 1. The highest BCUT2D eigenvalue weighted by atomic mass is 35.5. The van der Waals surface area contributed by atoms with Crippen LogP contribution in [0.2, 0.25) is 10.0 Å². The molecule has 0 unspecified atom stereocenters. The van der Waals surface area contributed by atoms with Gasteiger partial charge in [0, 0.05) is 40.3 Å². The molecule has 0 aliphatic carbocycles. The normalized spacial score (nSPS) is 16.5. The molecule has 6 heteroatoms. The molecule has 25 heavy (non-hydrogen) atoms. The van der Waals surface area contributed by atoms with E-state index in [-0.39, 0.29) is 19.0 Å². The Hall–Kier alpha value is -2.17. The standard InChI is InChI=1S/C19H15Cl2NO3/c20-15-2-1-3-16(21)14(15)7-12(23)8-17-13-9-19-18(24-10-25-19)6-11(13)4-5-22-17/h1-3,6,8-9,22H,4-5,7,10H2/b17-8-. The summed E-state index contributed by atoms with van der Waals surface area (Å²) in [6.07, 6.45) is 2.64. The summed E-state index contributed by atoms with van der Waals surface area (Å²) in [6, 6.07) is 9.14. The number of benzene rings is 2. The van der Waals surface area contributed by atoms with E-state index in [0.29, 0.717) is 21.4 Å². The molecule has 0 amide bonds. The van der Waals surface area contributed by atoms with Crippen molar-refractivity contribution in [1.82, 2.24) is 5.32 Å². The molecule has 2 heterocycles. The van der Waals surface area contributed by atoms with Gasteiger partial charge in [0.2, 0.25) is 6.79 Å². The number of fused-ring (bicyclic) bond motifs is 2. The highest BCUT2D eigenvalue weighted by molar-refractivity contribution is 6.36. The number of carbonyl (C=O) groups is 1. The first-order valence-electron chi connectivity index (χ1n) is 7.96. The number of ether oxygens (including phenoxy) is 2. The molecule has 2 aromatic rings. The third-order valence-electron chi connectivity index (χ3n) is 4.32. The van der Waals surface area contributed by atoms with Crippen LogP contribution in [0.3, 0.4) is 0 Å². The SMILES string of the molecule is O=C(/C=C1\NCCc2cc3c(cc21)OCO3)Cc1c(Cl)cccc1Cl. The van der Waals surface area contributed by atoms with Gasteiger partial charge in [-0.3, -0.25) is 4.79 Å². The summed E-state index contributed by atoms with van der Waals surface area (Å²) in [6.45, 7) is 0.993. The van der Waals surface area contributed by atoms with E-state index < -0.39 is 0 Å². The summed E-state index contributed by atoms with van der Waals surface area (Å²) in [5.74, 6) is 1.40. The third-order valence-corrected chi connectivity index (χ3v) is 5.02. The molecule has 0 radical (unpaired) electrons. The van der Waals surface area contributed by atoms with E-state index >= 15 is 0 Å². The molecule has 0 saturated heterocycles. The molecule has 0 atom stereocenters. The Morgan fingerprint density at radius 3 is 2.64 bits per heavy atom. The second-order valence-electron chi connectivity index (χ2n) is 5.94. The second-order valence-corrected chi connectivity index (χ2v) is 6.76. The van der Waals surface area contributed by atoms with E-state index in [9.17, 15) is 4.79 Å². The van der Waals surface area contributed by atoms with E-state index in [1.165, 1.54) is 0 Å². The molecule has 0 bridgehead atoms. The van der Waals surface area contributed by atoms with Gasteiger partial charge < -0.3 is 14.8 Å². The van der Waals surface area contributed by atoms with Gasteiger partial charge in [0.15, 0.2) is 17.3 Å². The Balaban J connectivity index is 1.63. The molecule has 4 rings (SSSR count). The van der Waals surface area contributed by atoms with Crippen molar-refractivity contribution in [2.45, 2.75) is 12.8 Å². The molecule has 0 spiro atoms. The number of allylic oxidation sites excluding steroid dienone is 1. The Morgan fingerprint density at radius 2 is 1.88 bits per heavy atom. The van der Waals surface area contributed by atoms with Crippen LogP contribution >= 0.6 is 23.2 Å². The van der Waals surface area contributed by atoms with E-state index in [2.05, 4.69) is 5.32 Å². The lowest BCUT2D eigenvalue weighted by atomic mass is 9.96. The molecule has 0 saturated carbocycles. The molecule has 2 aliphatic rings. The minimum atomic E-state index is -0.0667. The molecule has 0 aromatic heterocycles. The number of ketones is 1. The fraction of sp³-hybridized carbons (Fsp3) is 0.211. The molecule has 128 valence electrons. The first kappa shape index (κ1) is 16.3. The molecule has 2 aliphatic heterocycles. The van der Waals surface area contributed by atoms with Crippen LogP contribution in [0.15, 0.2) is 36.4 Å². The average Bonchev–Trinajstić information content (AvgIpc) is 3.04. The van der Waals surface area contributed by atoms with Crippen molar-refractivity contribution >= 4 is 34.7 Å². The molecule has 1 N–H and O–H groups in total. The van der Waals surface area contributed by atoms with E-state index in [1.807, 2.05) is 12.1 Å². The fourth-order valence-corrected chi connectivity index (χ4v) is 3.62. The fourth-order valence-electron chi connectivity index (χ4n) is 3.08. The van der Waals surface area contributed by atoms with Gasteiger partial charge in [-0.25, -0.2) is 0 Å². The van der Waals surface area contributed by atoms with Crippen LogP contribution in [0.4, 0.5) is 0 Å². The van der Waals surface area contributed by atoms with Crippen LogP contribution in [0.1, 0.15) is 16.7 Å². The lowest BCUT2D eigenvalue weighted by Gasteiger charge is -2.21. The van der Waals surface area contributed by atoms with Crippen LogP contribution < -0.4 is 14.8 Å². The first-order chi connectivity index (χ1) is 12.1. The van der Waals surface area contributed by atoms with Crippen molar-refractivity contribution < 1.29 is 14.3 Å². The van der Waals surface area contributed by atoms with Crippen LogP contribution in [0.25, 0.3) is 5.70 Å².